The maximum Gasteiger partial charge on any atom is 0.355 e. The average molecular weight is 302 g/mol. The van der Waals surface area contributed by atoms with Gasteiger partial charge in [0.15, 0.2) is 5.69 Å². The van der Waals surface area contributed by atoms with Crippen molar-refractivity contribution < 1.29 is 9.90 Å². The Morgan fingerprint density at radius 3 is 2.76 bits per heavy atom. The third-order valence-electron chi connectivity index (χ3n) is 3.23. The van der Waals surface area contributed by atoms with E-state index in [4.69, 9.17) is 5.11 Å². The molecule has 0 aromatic carbocycles. The molecule has 94 valence electrons. The molecule has 1 unspecified atom stereocenters. The fourth-order valence-electron chi connectivity index (χ4n) is 2.40. The number of hydrogen-bond acceptors (Lipinski definition) is 3. The molecule has 0 spiro atoms. The van der Waals surface area contributed by atoms with Gasteiger partial charge in [0.1, 0.15) is 0 Å². The summed E-state index contributed by atoms with van der Waals surface area (Å²) >= 11 is 3.38. The van der Waals surface area contributed by atoms with E-state index in [9.17, 15) is 4.79 Å². The largest absolute Gasteiger partial charge is 0.476 e. The Morgan fingerprint density at radius 2 is 2.24 bits per heavy atom. The molecule has 17 heavy (non-hydrogen) atoms. The van der Waals surface area contributed by atoms with E-state index in [1.165, 1.54) is 4.68 Å². The third-order valence-corrected chi connectivity index (χ3v) is 4.01. The lowest BCUT2D eigenvalue weighted by molar-refractivity contribution is 0.0684. The van der Waals surface area contributed by atoms with Gasteiger partial charge in [0.25, 0.3) is 0 Å². The van der Waals surface area contributed by atoms with Crippen molar-refractivity contribution >= 4 is 21.9 Å². The SMILES string of the molecule is CN1CCCC(c2nn(C)c(C(=O)O)c2Br)C1. The van der Waals surface area contributed by atoms with Crippen molar-refractivity contribution in [2.75, 3.05) is 20.1 Å². The monoisotopic (exact) mass is 301 g/mol. The summed E-state index contributed by atoms with van der Waals surface area (Å²) in [7, 11) is 3.76. The molecule has 1 aliphatic heterocycles. The van der Waals surface area contributed by atoms with Gasteiger partial charge >= 0.3 is 5.97 Å². The van der Waals surface area contributed by atoms with Crippen LogP contribution in [0.5, 0.6) is 0 Å². The molecule has 1 atom stereocenters. The zero-order valence-corrected chi connectivity index (χ0v) is 11.6. The van der Waals surface area contributed by atoms with Crippen LogP contribution in [0.3, 0.4) is 0 Å². The van der Waals surface area contributed by atoms with E-state index < -0.39 is 5.97 Å². The highest BCUT2D eigenvalue weighted by atomic mass is 79.9. The molecule has 0 amide bonds. The summed E-state index contributed by atoms with van der Waals surface area (Å²) in [4.78, 5) is 13.4. The van der Waals surface area contributed by atoms with Gasteiger partial charge in [-0.2, -0.15) is 5.10 Å². The number of nitrogens with zero attached hydrogens (tertiary/aromatic N) is 3. The van der Waals surface area contributed by atoms with Crippen LogP contribution in [-0.4, -0.2) is 45.9 Å². The molecule has 2 heterocycles. The second-order valence-electron chi connectivity index (χ2n) is 4.58. The van der Waals surface area contributed by atoms with Crippen molar-refractivity contribution in [3.8, 4) is 0 Å². The van der Waals surface area contributed by atoms with Crippen molar-refractivity contribution in [1.82, 2.24) is 14.7 Å². The van der Waals surface area contributed by atoms with E-state index >= 15 is 0 Å². The fourth-order valence-corrected chi connectivity index (χ4v) is 3.23. The minimum Gasteiger partial charge on any atom is -0.476 e. The fraction of sp³-hybridized carbons (Fsp3) is 0.636. The van der Waals surface area contributed by atoms with Gasteiger partial charge in [-0.1, -0.05) is 0 Å². The molecule has 0 radical (unpaired) electrons. The second kappa shape index (κ2) is 4.78. The summed E-state index contributed by atoms with van der Waals surface area (Å²) in [6, 6.07) is 0. The molecule has 1 aromatic rings. The van der Waals surface area contributed by atoms with Crippen LogP contribution in [0.1, 0.15) is 34.9 Å². The molecule has 2 rings (SSSR count). The number of carboxylic acid groups (broad SMARTS) is 1. The average Bonchev–Trinajstić information content (AvgIpc) is 2.54. The summed E-state index contributed by atoms with van der Waals surface area (Å²) in [6.07, 6.45) is 2.20. The molecule has 6 heteroatoms. The third kappa shape index (κ3) is 2.37. The van der Waals surface area contributed by atoms with Gasteiger partial charge in [0, 0.05) is 19.5 Å². The van der Waals surface area contributed by atoms with E-state index in [1.54, 1.807) is 7.05 Å². The molecule has 1 aliphatic rings. The number of likely N-dealkylation sites (N-methyl/N-ethyl adjacent to an activating group) is 1. The number of hydrogen-bond donors (Lipinski definition) is 1. The zero-order valence-electron chi connectivity index (χ0n) is 9.98. The Labute approximate surface area is 109 Å². The van der Waals surface area contributed by atoms with Crippen LogP contribution in [0.15, 0.2) is 4.47 Å². The van der Waals surface area contributed by atoms with Crippen molar-refractivity contribution in [2.24, 2.45) is 7.05 Å². The molecule has 0 saturated carbocycles. The standard InChI is InChI=1S/C11H16BrN3O2/c1-14-5-3-4-7(6-14)9-8(12)10(11(16)17)15(2)13-9/h7H,3-6H2,1-2H3,(H,16,17). The van der Waals surface area contributed by atoms with Crippen molar-refractivity contribution in [3.63, 3.8) is 0 Å². The highest BCUT2D eigenvalue weighted by molar-refractivity contribution is 9.10. The molecule has 5 nitrogen and oxygen atoms in total. The Bertz CT molecular complexity index is 444. The van der Waals surface area contributed by atoms with Crippen LogP contribution in [0.4, 0.5) is 0 Å². The Balaban J connectivity index is 2.33. The topological polar surface area (TPSA) is 58.4 Å². The lowest BCUT2D eigenvalue weighted by Gasteiger charge is -2.28. The number of halogens is 1. The first-order chi connectivity index (χ1) is 8.00. The van der Waals surface area contributed by atoms with E-state index in [0.717, 1.165) is 31.6 Å². The number of aryl methyl sites for hydroxylation is 1. The molecule has 1 N–H and O–H groups in total. The smallest absolute Gasteiger partial charge is 0.355 e. The molecule has 1 aromatic heterocycles. The lowest BCUT2D eigenvalue weighted by Crippen LogP contribution is -2.31. The maximum absolute atomic E-state index is 11.1. The summed E-state index contributed by atoms with van der Waals surface area (Å²) in [6.45, 7) is 2.04. The van der Waals surface area contributed by atoms with Crippen LogP contribution < -0.4 is 0 Å². The van der Waals surface area contributed by atoms with Crippen molar-refractivity contribution in [3.05, 3.63) is 15.9 Å². The highest BCUT2D eigenvalue weighted by Crippen LogP contribution is 2.32. The van der Waals surface area contributed by atoms with Gasteiger partial charge in [-0.05, 0) is 42.4 Å². The van der Waals surface area contributed by atoms with Gasteiger partial charge in [-0.15, -0.1) is 0 Å². The molecule has 1 fully saturated rings. The number of piperidine rings is 1. The van der Waals surface area contributed by atoms with E-state index in [0.29, 0.717) is 10.4 Å². The first-order valence-corrected chi connectivity index (χ1v) is 6.44. The summed E-state index contributed by atoms with van der Waals surface area (Å²) in [5.74, 6) is -0.621. The Kier molecular flexibility index (Phi) is 3.53. The van der Waals surface area contributed by atoms with Crippen LogP contribution in [0.25, 0.3) is 0 Å². The molecular formula is C11H16BrN3O2. The molecular weight excluding hydrogens is 286 g/mol. The van der Waals surface area contributed by atoms with Gasteiger partial charge < -0.3 is 10.0 Å². The summed E-state index contributed by atoms with van der Waals surface area (Å²) in [5.41, 5.74) is 1.10. The normalized spacial score (nSPS) is 21.7. The predicted molar refractivity (Wildman–Crippen MR) is 67.3 cm³/mol. The maximum atomic E-state index is 11.1. The van der Waals surface area contributed by atoms with Crippen LogP contribution in [-0.2, 0) is 7.05 Å². The molecule has 0 bridgehead atoms. The quantitative estimate of drug-likeness (QED) is 0.903. The minimum absolute atomic E-state index is 0.230. The number of rotatable bonds is 2. The molecule has 1 saturated heterocycles. The number of aromatic nitrogens is 2. The number of carboxylic acids is 1. The summed E-state index contributed by atoms with van der Waals surface area (Å²) in [5, 5.41) is 13.5. The number of aromatic carboxylic acids is 1. The van der Waals surface area contributed by atoms with Gasteiger partial charge in [0.2, 0.25) is 0 Å². The zero-order chi connectivity index (χ0) is 12.6. The van der Waals surface area contributed by atoms with Crippen LogP contribution in [0.2, 0.25) is 0 Å². The van der Waals surface area contributed by atoms with E-state index in [1.807, 2.05) is 0 Å². The van der Waals surface area contributed by atoms with Gasteiger partial charge in [-0.3, -0.25) is 4.68 Å². The molecule has 0 aliphatic carbocycles. The minimum atomic E-state index is -0.942. The van der Waals surface area contributed by atoms with Crippen molar-refractivity contribution in [2.45, 2.75) is 18.8 Å². The number of carbonyl (C=O) groups is 1. The van der Waals surface area contributed by atoms with Gasteiger partial charge in [-0.25, -0.2) is 4.79 Å². The Hall–Kier alpha value is -0.880. The Morgan fingerprint density at radius 1 is 1.53 bits per heavy atom. The van der Waals surface area contributed by atoms with E-state index in [-0.39, 0.29) is 5.69 Å². The van der Waals surface area contributed by atoms with Crippen LogP contribution >= 0.6 is 15.9 Å². The van der Waals surface area contributed by atoms with Gasteiger partial charge in [0.05, 0.1) is 10.2 Å². The van der Waals surface area contributed by atoms with E-state index in [2.05, 4.69) is 33.0 Å². The predicted octanol–water partition coefficient (Wildman–Crippen LogP) is 1.69. The first kappa shape index (κ1) is 12.6. The number of likely N-dealkylation sites (tertiary alicyclic amines) is 1. The van der Waals surface area contributed by atoms with Crippen molar-refractivity contribution in [1.29, 1.82) is 0 Å². The second-order valence-corrected chi connectivity index (χ2v) is 5.37. The van der Waals surface area contributed by atoms with Crippen LogP contribution in [0, 0.1) is 0 Å². The summed E-state index contributed by atoms with van der Waals surface area (Å²) < 4.78 is 2.07. The first-order valence-electron chi connectivity index (χ1n) is 5.65. The highest BCUT2D eigenvalue weighted by Gasteiger charge is 2.27. The lowest BCUT2D eigenvalue weighted by atomic mass is 9.95.